The molecule has 0 spiro atoms. The van der Waals surface area contributed by atoms with Crippen LogP contribution in [0.15, 0.2) is 66.7 Å². The van der Waals surface area contributed by atoms with Crippen molar-refractivity contribution < 1.29 is 19.7 Å². The number of hydrogen-bond donors (Lipinski definition) is 2. The number of aliphatic hydroxyl groups excluding tert-OH is 1. The summed E-state index contributed by atoms with van der Waals surface area (Å²) in [7, 11) is 0. The van der Waals surface area contributed by atoms with E-state index in [1.54, 1.807) is 36.9 Å². The SMILES string of the molecule is CC(C)(O)c1ccc2c(c1)C(=O)N(Cc1ccc(Cl)cc1)[C@@]2(OC[C@H]1CC[C@@H]1CO)c1ccc(Cl)cc1. The summed E-state index contributed by atoms with van der Waals surface area (Å²) in [5.74, 6) is 0.223. The largest absolute Gasteiger partial charge is 0.396 e. The van der Waals surface area contributed by atoms with E-state index in [1.807, 2.05) is 48.5 Å². The van der Waals surface area contributed by atoms with Crippen LogP contribution in [0.5, 0.6) is 0 Å². The molecule has 1 fully saturated rings. The minimum Gasteiger partial charge on any atom is -0.396 e. The fourth-order valence-electron chi connectivity index (χ4n) is 5.34. The average Bonchev–Trinajstić information content (AvgIpc) is 3.08. The summed E-state index contributed by atoms with van der Waals surface area (Å²) in [4.78, 5) is 15.9. The second-order valence-electron chi connectivity index (χ2n) is 10.6. The van der Waals surface area contributed by atoms with Gasteiger partial charge in [0, 0.05) is 39.9 Å². The van der Waals surface area contributed by atoms with Crippen molar-refractivity contribution in [3.8, 4) is 0 Å². The van der Waals surface area contributed by atoms with E-state index in [2.05, 4.69) is 0 Å². The van der Waals surface area contributed by atoms with E-state index in [4.69, 9.17) is 27.9 Å². The lowest BCUT2D eigenvalue weighted by atomic mass is 9.74. The monoisotopic (exact) mass is 539 g/mol. The number of aliphatic hydroxyl groups is 2. The van der Waals surface area contributed by atoms with Crippen LogP contribution < -0.4 is 0 Å². The molecule has 1 saturated carbocycles. The first-order valence-electron chi connectivity index (χ1n) is 12.6. The van der Waals surface area contributed by atoms with Crippen LogP contribution in [0.2, 0.25) is 10.0 Å². The van der Waals surface area contributed by atoms with Gasteiger partial charge in [-0.1, -0.05) is 59.6 Å². The minimum absolute atomic E-state index is 0.126. The van der Waals surface area contributed by atoms with Crippen molar-refractivity contribution in [3.05, 3.63) is 105 Å². The molecule has 5 rings (SSSR count). The summed E-state index contributed by atoms with van der Waals surface area (Å²) in [5.41, 5.74) is 1.25. The number of fused-ring (bicyclic) bond motifs is 1. The Balaban J connectivity index is 1.67. The smallest absolute Gasteiger partial charge is 0.257 e. The average molecular weight is 540 g/mol. The zero-order valence-electron chi connectivity index (χ0n) is 21.0. The molecule has 1 aliphatic carbocycles. The van der Waals surface area contributed by atoms with Gasteiger partial charge in [-0.25, -0.2) is 0 Å². The van der Waals surface area contributed by atoms with Crippen molar-refractivity contribution in [1.82, 2.24) is 4.90 Å². The molecule has 3 aromatic carbocycles. The van der Waals surface area contributed by atoms with E-state index in [0.29, 0.717) is 34.3 Å². The first-order chi connectivity index (χ1) is 17.6. The predicted octanol–water partition coefficient (Wildman–Crippen LogP) is 6.11. The van der Waals surface area contributed by atoms with Crippen molar-refractivity contribution in [2.75, 3.05) is 13.2 Å². The van der Waals surface area contributed by atoms with Gasteiger partial charge in [-0.3, -0.25) is 9.69 Å². The number of hydrogen-bond acceptors (Lipinski definition) is 4. The highest BCUT2D eigenvalue weighted by molar-refractivity contribution is 6.30. The van der Waals surface area contributed by atoms with Gasteiger partial charge >= 0.3 is 0 Å². The van der Waals surface area contributed by atoms with Gasteiger partial charge in [-0.15, -0.1) is 0 Å². The highest BCUT2D eigenvalue weighted by Gasteiger charge is 2.53. The predicted molar refractivity (Wildman–Crippen MR) is 144 cm³/mol. The van der Waals surface area contributed by atoms with Gasteiger partial charge < -0.3 is 14.9 Å². The van der Waals surface area contributed by atoms with Crippen molar-refractivity contribution in [1.29, 1.82) is 0 Å². The summed E-state index contributed by atoms with van der Waals surface area (Å²) in [6, 6.07) is 20.3. The topological polar surface area (TPSA) is 70.0 Å². The summed E-state index contributed by atoms with van der Waals surface area (Å²) >= 11 is 12.4. The van der Waals surface area contributed by atoms with Crippen LogP contribution >= 0.6 is 23.2 Å². The molecule has 7 heteroatoms. The maximum absolute atomic E-state index is 14.1. The third-order valence-corrected chi connectivity index (χ3v) is 8.26. The maximum Gasteiger partial charge on any atom is 0.257 e. The first-order valence-corrected chi connectivity index (χ1v) is 13.3. The lowest BCUT2D eigenvalue weighted by Crippen LogP contribution is -2.48. The van der Waals surface area contributed by atoms with E-state index in [-0.39, 0.29) is 24.3 Å². The van der Waals surface area contributed by atoms with Crippen LogP contribution in [0, 0.1) is 11.8 Å². The fraction of sp³-hybridized carbons (Fsp3) is 0.367. The Morgan fingerprint density at radius 3 is 2.16 bits per heavy atom. The number of amides is 1. The number of carbonyl (C=O) groups excluding carboxylic acids is 1. The van der Waals surface area contributed by atoms with Crippen LogP contribution in [-0.4, -0.2) is 34.2 Å². The second-order valence-corrected chi connectivity index (χ2v) is 11.5. The lowest BCUT2D eigenvalue weighted by Gasteiger charge is -2.43. The molecular formula is C30H31Cl2NO4. The van der Waals surface area contributed by atoms with E-state index in [1.165, 1.54) is 0 Å². The molecule has 0 aromatic heterocycles. The molecule has 194 valence electrons. The van der Waals surface area contributed by atoms with Gasteiger partial charge in [0.15, 0.2) is 5.72 Å². The minimum atomic E-state index is -1.20. The second kappa shape index (κ2) is 10.0. The standard InChI is InChI=1S/C30H31Cl2NO4/c1-29(2,36)23-9-14-27-26(15-23)28(35)33(16-19-3-10-24(31)11-4-19)30(27,22-7-12-25(32)13-8-22)37-18-21-6-5-20(21)17-34/h3-4,7-15,20-21,34,36H,5-6,16-18H2,1-2H3/t20-,21-,30-/m1/s1. The van der Waals surface area contributed by atoms with Gasteiger partial charge in [0.05, 0.1) is 12.2 Å². The van der Waals surface area contributed by atoms with Gasteiger partial charge in [-0.05, 0) is 80.0 Å². The quantitative estimate of drug-likeness (QED) is 0.362. The highest BCUT2D eigenvalue weighted by Crippen LogP contribution is 2.48. The third kappa shape index (κ3) is 4.80. The molecular weight excluding hydrogens is 509 g/mol. The van der Waals surface area contributed by atoms with Gasteiger partial charge in [0.25, 0.3) is 5.91 Å². The highest BCUT2D eigenvalue weighted by atomic mass is 35.5. The number of benzene rings is 3. The van der Waals surface area contributed by atoms with E-state index in [9.17, 15) is 15.0 Å². The maximum atomic E-state index is 14.1. The third-order valence-electron chi connectivity index (χ3n) is 7.75. The molecule has 1 heterocycles. The van der Waals surface area contributed by atoms with E-state index >= 15 is 0 Å². The van der Waals surface area contributed by atoms with Crippen LogP contribution in [0.3, 0.4) is 0 Å². The molecule has 2 aliphatic rings. The molecule has 1 aliphatic heterocycles. The molecule has 0 unspecified atom stereocenters. The van der Waals surface area contributed by atoms with Crippen molar-refractivity contribution >= 4 is 29.1 Å². The summed E-state index contributed by atoms with van der Waals surface area (Å²) in [6.45, 7) is 4.22. The van der Waals surface area contributed by atoms with E-state index in [0.717, 1.165) is 29.5 Å². The summed E-state index contributed by atoms with van der Waals surface area (Å²) in [5, 5.41) is 21.7. The summed E-state index contributed by atoms with van der Waals surface area (Å²) in [6.07, 6.45) is 1.94. The van der Waals surface area contributed by atoms with Crippen LogP contribution in [0.25, 0.3) is 0 Å². The molecule has 0 radical (unpaired) electrons. The molecule has 1 amide bonds. The Kier molecular flexibility index (Phi) is 7.12. The number of ether oxygens (including phenoxy) is 1. The Morgan fingerprint density at radius 1 is 0.973 bits per heavy atom. The van der Waals surface area contributed by atoms with Crippen LogP contribution in [-0.2, 0) is 22.6 Å². The zero-order chi connectivity index (χ0) is 26.4. The fourth-order valence-corrected chi connectivity index (χ4v) is 5.59. The molecule has 3 atom stereocenters. The van der Waals surface area contributed by atoms with Gasteiger partial charge in [0.1, 0.15) is 0 Å². The summed E-state index contributed by atoms with van der Waals surface area (Å²) < 4.78 is 6.85. The zero-order valence-corrected chi connectivity index (χ0v) is 22.5. The van der Waals surface area contributed by atoms with Gasteiger partial charge in [0.2, 0.25) is 0 Å². The molecule has 37 heavy (non-hydrogen) atoms. The first kappa shape index (κ1) is 26.2. The van der Waals surface area contributed by atoms with E-state index < -0.39 is 11.3 Å². The van der Waals surface area contributed by atoms with Crippen LogP contribution in [0.1, 0.15) is 59.3 Å². The Morgan fingerprint density at radius 2 is 1.59 bits per heavy atom. The molecule has 3 aromatic rings. The molecule has 0 saturated heterocycles. The van der Waals surface area contributed by atoms with Crippen LogP contribution in [0.4, 0.5) is 0 Å². The Bertz CT molecular complexity index is 1280. The molecule has 0 bridgehead atoms. The normalized spacial score (nSPS) is 23.2. The number of nitrogens with zero attached hydrogens (tertiary/aromatic N) is 1. The number of rotatable bonds is 8. The lowest BCUT2D eigenvalue weighted by molar-refractivity contribution is -0.138. The number of carbonyl (C=O) groups is 1. The number of halogens is 2. The Hall–Kier alpha value is -2.41. The van der Waals surface area contributed by atoms with Crippen molar-refractivity contribution in [3.63, 3.8) is 0 Å². The molecule has 5 nitrogen and oxygen atoms in total. The van der Waals surface area contributed by atoms with Gasteiger partial charge in [-0.2, -0.15) is 0 Å². The van der Waals surface area contributed by atoms with Crippen molar-refractivity contribution in [2.45, 2.75) is 44.6 Å². The van der Waals surface area contributed by atoms with Crippen molar-refractivity contribution in [2.24, 2.45) is 11.8 Å². The Labute approximate surface area is 227 Å². The molecule has 2 N–H and O–H groups in total.